The number of sulfone groups is 1. The van der Waals surface area contributed by atoms with Crippen LogP contribution in [0, 0.1) is 0 Å². The van der Waals surface area contributed by atoms with Crippen LogP contribution in [0.25, 0.3) is 0 Å². The zero-order chi connectivity index (χ0) is 29.3. The Labute approximate surface area is 239 Å². The molecule has 39 heavy (non-hydrogen) atoms. The number of piperidine rings is 1. The molecule has 1 heterocycles. The van der Waals surface area contributed by atoms with Crippen molar-refractivity contribution in [2.45, 2.75) is 49.1 Å². The molecular formula is C25H28Cl3F4N3O3S. The third-order valence-corrected chi connectivity index (χ3v) is 9.59. The molecule has 0 saturated carbocycles. The molecule has 1 fully saturated rings. The maximum Gasteiger partial charge on any atom is 0.417 e. The minimum Gasteiger partial charge on any atom is -0.338 e. The van der Waals surface area contributed by atoms with E-state index in [4.69, 9.17) is 40.5 Å². The van der Waals surface area contributed by atoms with Crippen molar-refractivity contribution < 1.29 is 30.8 Å². The molecule has 0 spiro atoms. The second kappa shape index (κ2) is 12.1. The number of hydrogen-bond acceptors (Lipinski definition) is 5. The number of halogens is 7. The highest BCUT2D eigenvalue weighted by Crippen LogP contribution is 2.38. The minimum absolute atomic E-state index is 0.00708. The summed E-state index contributed by atoms with van der Waals surface area (Å²) in [7, 11) is -2.02. The molecule has 2 aromatic carbocycles. The highest BCUT2D eigenvalue weighted by molar-refractivity contribution is 7.91. The first-order valence-corrected chi connectivity index (χ1v) is 15.0. The molecule has 0 aliphatic carbocycles. The molecule has 6 nitrogen and oxygen atoms in total. The minimum atomic E-state index is -4.71. The van der Waals surface area contributed by atoms with Gasteiger partial charge in [0.05, 0.1) is 32.0 Å². The molecule has 0 aromatic heterocycles. The van der Waals surface area contributed by atoms with Crippen LogP contribution < -0.4 is 5.73 Å². The molecule has 0 radical (unpaired) electrons. The first-order valence-electron chi connectivity index (χ1n) is 11.9. The number of likely N-dealkylation sites (tertiary alicyclic amines) is 1. The number of nitrogens with two attached hydrogens (primary N) is 1. The monoisotopic (exact) mass is 631 g/mol. The third kappa shape index (κ3) is 7.56. The fourth-order valence-electron chi connectivity index (χ4n) is 4.63. The van der Waals surface area contributed by atoms with Gasteiger partial charge in [-0.25, -0.2) is 12.8 Å². The van der Waals surface area contributed by atoms with Crippen LogP contribution in [0.1, 0.15) is 36.0 Å². The van der Waals surface area contributed by atoms with Crippen LogP contribution in [0.3, 0.4) is 0 Å². The lowest BCUT2D eigenvalue weighted by molar-refractivity contribution is -0.145. The number of carbonyl (C=O) groups is 1. The number of carbonyl (C=O) groups excluding carboxylic acids is 1. The van der Waals surface area contributed by atoms with Crippen molar-refractivity contribution in [3.8, 4) is 0 Å². The van der Waals surface area contributed by atoms with Crippen LogP contribution in [-0.4, -0.2) is 61.9 Å². The number of hydrogen-bond donors (Lipinski definition) is 1. The summed E-state index contributed by atoms with van der Waals surface area (Å²) in [6.07, 6.45) is -4.13. The number of alkyl halides is 4. The lowest BCUT2D eigenvalue weighted by Crippen LogP contribution is -2.52. The summed E-state index contributed by atoms with van der Waals surface area (Å²) in [4.78, 5) is 16.2. The Balaban J connectivity index is 1.86. The van der Waals surface area contributed by atoms with Gasteiger partial charge in [0, 0.05) is 44.9 Å². The van der Waals surface area contributed by atoms with Crippen molar-refractivity contribution in [2.75, 3.05) is 26.4 Å². The van der Waals surface area contributed by atoms with Gasteiger partial charge < -0.3 is 10.6 Å². The number of likely N-dealkylation sites (N-methyl/N-ethyl adjacent to an activating group) is 1. The molecule has 3 unspecified atom stereocenters. The molecule has 1 amide bonds. The van der Waals surface area contributed by atoms with E-state index < -0.39 is 49.6 Å². The summed E-state index contributed by atoms with van der Waals surface area (Å²) < 4.78 is 80.6. The fraction of sp³-hybridized carbons (Fsp3) is 0.480. The average molecular weight is 633 g/mol. The van der Waals surface area contributed by atoms with Crippen LogP contribution in [0.4, 0.5) is 17.6 Å². The van der Waals surface area contributed by atoms with E-state index in [1.165, 1.54) is 31.3 Å². The predicted molar refractivity (Wildman–Crippen MR) is 144 cm³/mol. The summed E-state index contributed by atoms with van der Waals surface area (Å²) in [6.45, 7) is -0.0378. The van der Waals surface area contributed by atoms with E-state index in [9.17, 15) is 26.4 Å². The quantitative estimate of drug-likeness (QED) is 0.379. The van der Waals surface area contributed by atoms with Crippen molar-refractivity contribution >= 4 is 50.5 Å². The molecule has 216 valence electrons. The number of rotatable bonds is 8. The van der Waals surface area contributed by atoms with Gasteiger partial charge in [-0.2, -0.15) is 13.2 Å². The molecule has 14 heteroatoms. The Morgan fingerprint density at radius 1 is 1.08 bits per heavy atom. The van der Waals surface area contributed by atoms with Crippen molar-refractivity contribution in [3.05, 3.63) is 68.2 Å². The van der Waals surface area contributed by atoms with E-state index in [0.29, 0.717) is 6.42 Å². The van der Waals surface area contributed by atoms with Crippen LogP contribution in [0.2, 0.25) is 15.1 Å². The van der Waals surface area contributed by atoms with Crippen molar-refractivity contribution in [1.29, 1.82) is 0 Å². The largest absolute Gasteiger partial charge is 0.417 e. The summed E-state index contributed by atoms with van der Waals surface area (Å²) in [5, 5.41) is -0.936. The molecule has 3 atom stereocenters. The zero-order valence-corrected chi connectivity index (χ0v) is 24.2. The van der Waals surface area contributed by atoms with Crippen molar-refractivity contribution in [1.82, 2.24) is 9.80 Å². The van der Waals surface area contributed by atoms with Gasteiger partial charge in [-0.1, -0.05) is 46.9 Å². The maximum atomic E-state index is 16.8. The van der Waals surface area contributed by atoms with E-state index in [2.05, 4.69) is 0 Å². The van der Waals surface area contributed by atoms with Crippen molar-refractivity contribution in [3.63, 3.8) is 0 Å². The van der Waals surface area contributed by atoms with Gasteiger partial charge in [0.15, 0.2) is 0 Å². The van der Waals surface area contributed by atoms with Crippen LogP contribution >= 0.6 is 34.8 Å². The van der Waals surface area contributed by atoms with E-state index in [-0.39, 0.29) is 53.6 Å². The van der Waals surface area contributed by atoms with Gasteiger partial charge >= 0.3 is 6.18 Å². The molecular weight excluding hydrogens is 605 g/mol. The number of amides is 1. The number of nitrogens with zero attached hydrogens (tertiary/aromatic N) is 2. The second-order valence-electron chi connectivity index (χ2n) is 9.73. The predicted octanol–water partition coefficient (Wildman–Crippen LogP) is 5.67. The Morgan fingerprint density at radius 2 is 1.72 bits per heavy atom. The molecule has 2 N–H and O–H groups in total. The van der Waals surface area contributed by atoms with E-state index >= 15 is 4.39 Å². The Morgan fingerprint density at radius 3 is 2.28 bits per heavy atom. The Hall–Kier alpha value is -1.63. The van der Waals surface area contributed by atoms with Crippen molar-refractivity contribution in [2.24, 2.45) is 5.73 Å². The Kier molecular flexibility index (Phi) is 9.88. The summed E-state index contributed by atoms with van der Waals surface area (Å²) in [5.41, 5.74) is 2.49. The topological polar surface area (TPSA) is 83.7 Å². The van der Waals surface area contributed by atoms with Gasteiger partial charge in [-0.15, -0.1) is 0 Å². The van der Waals surface area contributed by atoms with Crippen LogP contribution in [0.5, 0.6) is 0 Å². The number of benzene rings is 2. The van der Waals surface area contributed by atoms with Gasteiger partial charge in [0.25, 0.3) is 5.91 Å². The molecule has 1 aliphatic rings. The molecule has 1 saturated heterocycles. The lowest BCUT2D eigenvalue weighted by atomic mass is 9.89. The maximum absolute atomic E-state index is 16.8. The van der Waals surface area contributed by atoms with Gasteiger partial charge in [0.2, 0.25) is 5.67 Å². The van der Waals surface area contributed by atoms with E-state index in [1.54, 1.807) is 4.90 Å². The van der Waals surface area contributed by atoms with E-state index in [1.807, 2.05) is 0 Å². The van der Waals surface area contributed by atoms with Crippen LogP contribution in [0.15, 0.2) is 36.4 Å². The third-order valence-electron chi connectivity index (χ3n) is 6.88. The normalized spacial score (nSPS) is 20.5. The SMILES string of the molecule is CN(Cc1ccc(Cl)c(C(F)(F)F)c1)C(=O)C(F)(CCN1CCC(S(C)(=O)=O)CC1N)c1ccc(Cl)c(Cl)c1. The fourth-order valence-corrected chi connectivity index (χ4v) is 6.23. The zero-order valence-electron chi connectivity index (χ0n) is 21.1. The van der Waals surface area contributed by atoms with Gasteiger partial charge in [0.1, 0.15) is 9.84 Å². The summed E-state index contributed by atoms with van der Waals surface area (Å²) in [6, 6.07) is 7.11. The lowest BCUT2D eigenvalue weighted by Gasteiger charge is -2.38. The highest BCUT2D eigenvalue weighted by Gasteiger charge is 2.44. The molecule has 2 aromatic rings. The average Bonchev–Trinajstić information content (AvgIpc) is 2.84. The standard InChI is InChI=1S/C25H28Cl3F4N3O3S/c1-34(14-15-3-5-19(26)18(11-15)25(30,31)32)23(36)24(29,16-4-6-20(27)21(28)12-16)8-10-35-9-7-17(13-22(35)33)39(2,37)38/h3-6,11-12,17,22H,7-10,13-14,33H2,1-2H3. The first kappa shape index (κ1) is 31.9. The molecule has 1 aliphatic heterocycles. The van der Waals surface area contributed by atoms with Gasteiger partial charge in [-0.3, -0.25) is 9.69 Å². The summed E-state index contributed by atoms with van der Waals surface area (Å²) >= 11 is 17.8. The Bertz CT molecular complexity index is 1330. The summed E-state index contributed by atoms with van der Waals surface area (Å²) in [5.74, 6) is -1.01. The smallest absolute Gasteiger partial charge is 0.338 e. The molecule has 0 bridgehead atoms. The van der Waals surface area contributed by atoms with Crippen LogP contribution in [-0.2, 0) is 33.0 Å². The first-order chi connectivity index (χ1) is 17.9. The van der Waals surface area contributed by atoms with E-state index in [0.717, 1.165) is 23.3 Å². The highest BCUT2D eigenvalue weighted by atomic mass is 35.5. The second-order valence-corrected chi connectivity index (χ2v) is 13.3. The molecule has 3 rings (SSSR count). The van der Waals surface area contributed by atoms with Gasteiger partial charge in [-0.05, 0) is 42.7 Å².